The van der Waals surface area contributed by atoms with E-state index in [0.717, 1.165) is 5.56 Å². The average molecular weight is 192 g/mol. The number of benzene rings is 1. The van der Waals surface area contributed by atoms with Gasteiger partial charge in [-0.15, -0.1) is 0 Å². The Kier molecular flexibility index (Phi) is 3.29. The molecule has 14 heavy (non-hydrogen) atoms. The lowest BCUT2D eigenvalue weighted by atomic mass is 9.91. The van der Waals surface area contributed by atoms with Gasteiger partial charge in [-0.1, -0.05) is 38.1 Å². The van der Waals surface area contributed by atoms with Crippen LogP contribution in [0.2, 0.25) is 0 Å². The first kappa shape index (κ1) is 11.2. The van der Waals surface area contributed by atoms with E-state index in [0.29, 0.717) is 12.5 Å². The molecule has 0 heterocycles. The van der Waals surface area contributed by atoms with E-state index >= 15 is 0 Å². The molecule has 1 aromatic carbocycles. The molecule has 0 amide bonds. The van der Waals surface area contributed by atoms with Gasteiger partial charge in [-0.3, -0.25) is 0 Å². The van der Waals surface area contributed by atoms with Gasteiger partial charge in [-0.25, -0.2) is 0 Å². The molecule has 2 heteroatoms. The summed E-state index contributed by atoms with van der Waals surface area (Å²) in [5.74, 6) is 0.561. The van der Waals surface area contributed by atoms with Crippen LogP contribution in [0.3, 0.4) is 0 Å². The molecule has 0 aliphatic carbocycles. The largest absolute Gasteiger partial charge is 0.328 e. The molecular formula is C12H20N2. The summed E-state index contributed by atoms with van der Waals surface area (Å²) in [6, 6.07) is 8.39. The molecule has 1 rings (SSSR count). The van der Waals surface area contributed by atoms with E-state index in [2.05, 4.69) is 38.1 Å². The van der Waals surface area contributed by atoms with Crippen molar-refractivity contribution in [2.45, 2.75) is 32.2 Å². The molecule has 1 atom stereocenters. The van der Waals surface area contributed by atoms with Crippen molar-refractivity contribution in [3.8, 4) is 0 Å². The average Bonchev–Trinajstić information content (AvgIpc) is 2.18. The van der Waals surface area contributed by atoms with E-state index < -0.39 is 5.54 Å². The molecule has 0 saturated heterocycles. The number of hydrogen-bond donors (Lipinski definition) is 2. The second kappa shape index (κ2) is 4.11. The maximum Gasteiger partial charge on any atom is 0.0505 e. The minimum absolute atomic E-state index is 0.407. The Balaban J connectivity index is 2.94. The van der Waals surface area contributed by atoms with Crippen LogP contribution in [0.1, 0.15) is 37.8 Å². The maximum absolute atomic E-state index is 6.04. The Bertz CT molecular complexity index is 286. The zero-order valence-corrected chi connectivity index (χ0v) is 9.25. The van der Waals surface area contributed by atoms with E-state index in [9.17, 15) is 0 Å². The molecule has 78 valence electrons. The van der Waals surface area contributed by atoms with E-state index in [1.807, 2.05) is 6.92 Å². The first-order valence-corrected chi connectivity index (χ1v) is 5.07. The molecule has 1 aromatic rings. The lowest BCUT2D eigenvalue weighted by molar-refractivity contribution is 0.507. The van der Waals surface area contributed by atoms with Crippen LogP contribution in [0.4, 0.5) is 0 Å². The van der Waals surface area contributed by atoms with Crippen molar-refractivity contribution in [2.75, 3.05) is 6.54 Å². The predicted molar refractivity (Wildman–Crippen MR) is 61.1 cm³/mol. The molecule has 0 aliphatic heterocycles. The van der Waals surface area contributed by atoms with Crippen molar-refractivity contribution in [1.29, 1.82) is 0 Å². The minimum Gasteiger partial charge on any atom is -0.328 e. The standard InChI is InChI=1S/C12H20N2/c1-9(2)10-4-6-11(7-5-10)12(3,14)8-13/h4-7,9H,8,13-14H2,1-3H3. The lowest BCUT2D eigenvalue weighted by Gasteiger charge is -2.23. The summed E-state index contributed by atoms with van der Waals surface area (Å²) in [7, 11) is 0. The van der Waals surface area contributed by atoms with Gasteiger partial charge in [0.1, 0.15) is 0 Å². The third-order valence-corrected chi connectivity index (χ3v) is 2.66. The van der Waals surface area contributed by atoms with E-state index in [4.69, 9.17) is 11.5 Å². The van der Waals surface area contributed by atoms with E-state index in [1.54, 1.807) is 0 Å². The Morgan fingerprint density at radius 2 is 1.71 bits per heavy atom. The molecule has 1 unspecified atom stereocenters. The van der Waals surface area contributed by atoms with Crippen molar-refractivity contribution < 1.29 is 0 Å². The van der Waals surface area contributed by atoms with Gasteiger partial charge in [0, 0.05) is 6.54 Å². The zero-order valence-electron chi connectivity index (χ0n) is 9.25. The molecule has 0 bridgehead atoms. The quantitative estimate of drug-likeness (QED) is 0.769. The van der Waals surface area contributed by atoms with Crippen molar-refractivity contribution in [3.63, 3.8) is 0 Å². The summed E-state index contributed by atoms with van der Waals surface area (Å²) in [5, 5.41) is 0. The first-order valence-electron chi connectivity index (χ1n) is 5.07. The third-order valence-electron chi connectivity index (χ3n) is 2.66. The lowest BCUT2D eigenvalue weighted by Crippen LogP contribution is -2.40. The van der Waals surface area contributed by atoms with Gasteiger partial charge in [0.05, 0.1) is 5.54 Å². The topological polar surface area (TPSA) is 52.0 Å². The molecular weight excluding hydrogens is 172 g/mol. The Morgan fingerprint density at radius 1 is 1.21 bits per heavy atom. The van der Waals surface area contributed by atoms with Gasteiger partial charge in [0.25, 0.3) is 0 Å². The molecule has 0 radical (unpaired) electrons. The molecule has 0 spiro atoms. The van der Waals surface area contributed by atoms with Gasteiger partial charge in [0.15, 0.2) is 0 Å². The Hall–Kier alpha value is -0.860. The monoisotopic (exact) mass is 192 g/mol. The van der Waals surface area contributed by atoms with Gasteiger partial charge in [0.2, 0.25) is 0 Å². The summed E-state index contributed by atoms with van der Waals surface area (Å²) >= 11 is 0. The summed E-state index contributed by atoms with van der Waals surface area (Å²) in [6.45, 7) is 6.78. The van der Waals surface area contributed by atoms with Crippen molar-refractivity contribution >= 4 is 0 Å². The second-order valence-electron chi connectivity index (χ2n) is 4.40. The van der Waals surface area contributed by atoms with Crippen LogP contribution in [0.15, 0.2) is 24.3 Å². The Labute approximate surface area is 86.3 Å². The molecule has 0 aromatic heterocycles. The number of hydrogen-bond acceptors (Lipinski definition) is 2. The van der Waals surface area contributed by atoms with Crippen LogP contribution in [-0.2, 0) is 5.54 Å². The van der Waals surface area contributed by atoms with Crippen LogP contribution in [0.25, 0.3) is 0 Å². The van der Waals surface area contributed by atoms with E-state index in [1.165, 1.54) is 5.56 Å². The second-order valence-corrected chi connectivity index (χ2v) is 4.40. The molecule has 0 saturated carbocycles. The van der Waals surface area contributed by atoms with Crippen LogP contribution < -0.4 is 11.5 Å². The van der Waals surface area contributed by atoms with E-state index in [-0.39, 0.29) is 0 Å². The van der Waals surface area contributed by atoms with Crippen LogP contribution in [-0.4, -0.2) is 6.54 Å². The zero-order chi connectivity index (χ0) is 10.8. The number of rotatable bonds is 3. The summed E-state index contributed by atoms with van der Waals surface area (Å²) in [5.41, 5.74) is 13.7. The van der Waals surface area contributed by atoms with Gasteiger partial charge in [-0.2, -0.15) is 0 Å². The molecule has 0 aliphatic rings. The first-order chi connectivity index (χ1) is 6.47. The minimum atomic E-state index is -0.407. The smallest absolute Gasteiger partial charge is 0.0505 e. The molecule has 0 fully saturated rings. The summed E-state index contributed by atoms with van der Waals surface area (Å²) < 4.78 is 0. The third kappa shape index (κ3) is 2.34. The predicted octanol–water partition coefficient (Wildman–Crippen LogP) is 1.94. The fourth-order valence-electron chi connectivity index (χ4n) is 1.37. The normalized spacial score (nSPS) is 15.6. The maximum atomic E-state index is 6.04. The summed E-state index contributed by atoms with van der Waals surface area (Å²) in [4.78, 5) is 0. The SMILES string of the molecule is CC(C)c1ccc(C(C)(N)CN)cc1. The fourth-order valence-corrected chi connectivity index (χ4v) is 1.37. The Morgan fingerprint density at radius 3 is 2.07 bits per heavy atom. The highest BCUT2D eigenvalue weighted by Crippen LogP contribution is 2.20. The van der Waals surface area contributed by atoms with Crippen LogP contribution in [0.5, 0.6) is 0 Å². The number of nitrogens with two attached hydrogens (primary N) is 2. The van der Waals surface area contributed by atoms with Crippen molar-refractivity contribution in [3.05, 3.63) is 35.4 Å². The van der Waals surface area contributed by atoms with Gasteiger partial charge >= 0.3 is 0 Å². The van der Waals surface area contributed by atoms with Gasteiger partial charge < -0.3 is 11.5 Å². The molecule has 2 nitrogen and oxygen atoms in total. The fraction of sp³-hybridized carbons (Fsp3) is 0.500. The highest BCUT2D eigenvalue weighted by molar-refractivity contribution is 5.29. The highest BCUT2D eigenvalue weighted by atomic mass is 14.8. The molecule has 4 N–H and O–H groups in total. The van der Waals surface area contributed by atoms with Crippen LogP contribution >= 0.6 is 0 Å². The highest BCUT2D eigenvalue weighted by Gasteiger charge is 2.18. The van der Waals surface area contributed by atoms with Crippen molar-refractivity contribution in [2.24, 2.45) is 11.5 Å². The summed E-state index contributed by atoms with van der Waals surface area (Å²) in [6.07, 6.45) is 0. The van der Waals surface area contributed by atoms with Crippen LogP contribution in [0, 0.1) is 0 Å². The van der Waals surface area contributed by atoms with Crippen molar-refractivity contribution in [1.82, 2.24) is 0 Å². The van der Waals surface area contributed by atoms with Gasteiger partial charge in [-0.05, 0) is 24.0 Å².